The molecule has 3 rings (SSSR count). The lowest BCUT2D eigenvalue weighted by molar-refractivity contribution is -0.137. The van der Waals surface area contributed by atoms with Gasteiger partial charge >= 0.3 is 12.1 Å². The number of halogens is 3. The lowest BCUT2D eigenvalue weighted by Crippen LogP contribution is -2.05. The van der Waals surface area contributed by atoms with E-state index >= 15 is 0 Å². The van der Waals surface area contributed by atoms with Crippen molar-refractivity contribution >= 4 is 12.0 Å². The fourth-order valence-electron chi connectivity index (χ4n) is 2.48. The van der Waals surface area contributed by atoms with E-state index in [2.05, 4.69) is 0 Å². The maximum Gasteiger partial charge on any atom is 0.416 e. The third kappa shape index (κ3) is 6.24. The fraction of sp³-hybridized carbons (Fsp3) is 0.0870. The number of ether oxygens (including phenoxy) is 2. The fourth-order valence-corrected chi connectivity index (χ4v) is 2.48. The predicted molar refractivity (Wildman–Crippen MR) is 103 cm³/mol. The highest BCUT2D eigenvalue weighted by molar-refractivity contribution is 5.88. The molecule has 0 radical (unpaired) electrons. The van der Waals surface area contributed by atoms with Crippen LogP contribution in [0.15, 0.2) is 84.9 Å². The van der Waals surface area contributed by atoms with Gasteiger partial charge in [-0.25, -0.2) is 4.79 Å². The molecule has 0 saturated heterocycles. The van der Waals surface area contributed by atoms with E-state index in [1.165, 1.54) is 18.2 Å². The molecule has 0 heterocycles. The summed E-state index contributed by atoms with van der Waals surface area (Å²) in [6.45, 7) is 0.416. The Morgan fingerprint density at radius 3 is 2.24 bits per heavy atom. The Bertz CT molecular complexity index is 978. The highest BCUT2D eigenvalue weighted by Crippen LogP contribution is 2.29. The lowest BCUT2D eigenvalue weighted by Gasteiger charge is -2.07. The second-order valence-corrected chi connectivity index (χ2v) is 6.12. The van der Waals surface area contributed by atoms with Gasteiger partial charge in [0, 0.05) is 6.08 Å². The van der Waals surface area contributed by atoms with E-state index in [4.69, 9.17) is 9.47 Å². The number of carbonyl (C=O) groups excluding carboxylic acids is 1. The molecule has 0 atom stereocenters. The van der Waals surface area contributed by atoms with Gasteiger partial charge in [-0.1, -0.05) is 42.5 Å². The molecule has 0 spiro atoms. The number of rotatable bonds is 6. The average Bonchev–Trinajstić information content (AvgIpc) is 2.72. The van der Waals surface area contributed by atoms with Crippen molar-refractivity contribution in [3.05, 3.63) is 102 Å². The van der Waals surface area contributed by atoms with Crippen LogP contribution in [0.2, 0.25) is 0 Å². The molecular formula is C23H17F3O3. The van der Waals surface area contributed by atoms with Gasteiger partial charge in [0.1, 0.15) is 18.1 Å². The minimum Gasteiger partial charge on any atom is -0.489 e. The lowest BCUT2D eigenvalue weighted by atomic mass is 10.1. The van der Waals surface area contributed by atoms with Crippen molar-refractivity contribution in [3.8, 4) is 11.5 Å². The van der Waals surface area contributed by atoms with E-state index in [0.29, 0.717) is 18.1 Å². The Hall–Kier alpha value is -3.54. The van der Waals surface area contributed by atoms with Crippen LogP contribution in [0, 0.1) is 0 Å². The van der Waals surface area contributed by atoms with Crippen LogP contribution in [0.3, 0.4) is 0 Å². The minimum atomic E-state index is -4.44. The molecule has 0 fully saturated rings. The summed E-state index contributed by atoms with van der Waals surface area (Å²) in [5, 5.41) is 0. The van der Waals surface area contributed by atoms with Gasteiger partial charge in [0.25, 0.3) is 0 Å². The molecule has 0 amide bonds. The molecule has 0 aliphatic heterocycles. The van der Waals surface area contributed by atoms with Crippen LogP contribution in [0.1, 0.15) is 16.7 Å². The van der Waals surface area contributed by atoms with Crippen LogP contribution in [-0.2, 0) is 17.6 Å². The summed E-state index contributed by atoms with van der Waals surface area (Å²) in [6.07, 6.45) is -2.08. The van der Waals surface area contributed by atoms with E-state index in [-0.39, 0.29) is 5.56 Å². The zero-order valence-corrected chi connectivity index (χ0v) is 15.2. The molecule has 0 saturated carbocycles. The van der Waals surface area contributed by atoms with Crippen LogP contribution in [0.5, 0.6) is 11.5 Å². The predicted octanol–water partition coefficient (Wildman–Crippen LogP) is 5.90. The minimum absolute atomic E-state index is 0.251. The Morgan fingerprint density at radius 2 is 1.55 bits per heavy atom. The standard InChI is InChI=1S/C23H17F3O3/c24-23(25,26)19-8-4-7-17(15-19)9-14-22(27)29-21-12-10-20(11-13-21)28-16-18-5-2-1-3-6-18/h1-15H,16H2. The quantitative estimate of drug-likeness (QED) is 0.294. The first-order valence-electron chi connectivity index (χ1n) is 8.74. The molecule has 0 aliphatic carbocycles. The molecule has 148 valence electrons. The third-order valence-electron chi connectivity index (χ3n) is 3.92. The molecule has 0 N–H and O–H groups in total. The van der Waals surface area contributed by atoms with Crippen molar-refractivity contribution in [3.63, 3.8) is 0 Å². The van der Waals surface area contributed by atoms with Crippen LogP contribution < -0.4 is 9.47 Å². The maximum atomic E-state index is 12.7. The smallest absolute Gasteiger partial charge is 0.416 e. The molecule has 0 unspecified atom stereocenters. The summed E-state index contributed by atoms with van der Waals surface area (Å²) in [5.41, 5.74) is 0.503. The Labute approximate surface area is 166 Å². The van der Waals surface area contributed by atoms with Crippen molar-refractivity contribution in [1.82, 2.24) is 0 Å². The van der Waals surface area contributed by atoms with Crippen LogP contribution in [0.25, 0.3) is 6.08 Å². The summed E-state index contributed by atoms with van der Waals surface area (Å²) >= 11 is 0. The van der Waals surface area contributed by atoms with E-state index in [0.717, 1.165) is 23.8 Å². The largest absolute Gasteiger partial charge is 0.489 e. The topological polar surface area (TPSA) is 35.5 Å². The summed E-state index contributed by atoms with van der Waals surface area (Å²) < 4.78 is 48.9. The highest BCUT2D eigenvalue weighted by Gasteiger charge is 2.30. The zero-order valence-electron chi connectivity index (χ0n) is 15.2. The van der Waals surface area contributed by atoms with Crippen molar-refractivity contribution < 1.29 is 27.4 Å². The van der Waals surface area contributed by atoms with Gasteiger partial charge in [-0.2, -0.15) is 13.2 Å². The first-order valence-corrected chi connectivity index (χ1v) is 8.74. The molecule has 0 aliphatic rings. The van der Waals surface area contributed by atoms with Crippen molar-refractivity contribution in [2.24, 2.45) is 0 Å². The van der Waals surface area contributed by atoms with Gasteiger partial charge in [0.2, 0.25) is 0 Å². The molecule has 3 nitrogen and oxygen atoms in total. The third-order valence-corrected chi connectivity index (χ3v) is 3.92. The van der Waals surface area contributed by atoms with Gasteiger partial charge in [0.15, 0.2) is 0 Å². The molecule has 3 aromatic carbocycles. The maximum absolute atomic E-state index is 12.7. The Morgan fingerprint density at radius 1 is 0.862 bits per heavy atom. The van der Waals surface area contributed by atoms with E-state index in [1.54, 1.807) is 24.3 Å². The highest BCUT2D eigenvalue weighted by atomic mass is 19.4. The molecular weight excluding hydrogens is 381 g/mol. The van der Waals surface area contributed by atoms with Crippen molar-refractivity contribution in [1.29, 1.82) is 0 Å². The van der Waals surface area contributed by atoms with Gasteiger partial charge in [-0.05, 0) is 53.6 Å². The van der Waals surface area contributed by atoms with Crippen LogP contribution in [0.4, 0.5) is 13.2 Å². The monoisotopic (exact) mass is 398 g/mol. The van der Waals surface area contributed by atoms with Gasteiger partial charge in [-0.15, -0.1) is 0 Å². The first kappa shape index (κ1) is 20.2. The Balaban J connectivity index is 1.55. The number of alkyl halides is 3. The van der Waals surface area contributed by atoms with E-state index in [9.17, 15) is 18.0 Å². The number of carbonyl (C=O) groups is 1. The molecule has 0 aromatic heterocycles. The zero-order chi connectivity index (χ0) is 20.7. The second-order valence-electron chi connectivity index (χ2n) is 6.12. The summed E-state index contributed by atoms with van der Waals surface area (Å²) in [6, 6.07) is 20.9. The number of hydrogen-bond acceptors (Lipinski definition) is 3. The molecule has 3 aromatic rings. The summed E-state index contributed by atoms with van der Waals surface area (Å²) in [7, 11) is 0. The van der Waals surface area contributed by atoms with Crippen LogP contribution in [-0.4, -0.2) is 5.97 Å². The van der Waals surface area contributed by atoms with Gasteiger partial charge in [0.05, 0.1) is 5.56 Å². The normalized spacial score (nSPS) is 11.4. The number of esters is 1. The molecule has 0 bridgehead atoms. The second kappa shape index (κ2) is 9.10. The molecule has 29 heavy (non-hydrogen) atoms. The van der Waals surface area contributed by atoms with Gasteiger partial charge in [-0.3, -0.25) is 0 Å². The number of hydrogen-bond donors (Lipinski definition) is 0. The van der Waals surface area contributed by atoms with Gasteiger partial charge < -0.3 is 9.47 Å². The first-order chi connectivity index (χ1) is 13.9. The van der Waals surface area contributed by atoms with E-state index < -0.39 is 17.7 Å². The molecule has 6 heteroatoms. The van der Waals surface area contributed by atoms with E-state index in [1.807, 2.05) is 30.3 Å². The Kier molecular flexibility index (Phi) is 6.34. The van der Waals surface area contributed by atoms with Crippen molar-refractivity contribution in [2.45, 2.75) is 12.8 Å². The average molecular weight is 398 g/mol. The van der Waals surface area contributed by atoms with Crippen molar-refractivity contribution in [2.75, 3.05) is 0 Å². The number of benzene rings is 3. The van der Waals surface area contributed by atoms with Crippen LogP contribution >= 0.6 is 0 Å². The SMILES string of the molecule is O=C(C=Cc1cccc(C(F)(F)F)c1)Oc1ccc(OCc2ccccc2)cc1. The summed E-state index contributed by atoms with van der Waals surface area (Å²) in [5.74, 6) is 0.226. The summed E-state index contributed by atoms with van der Waals surface area (Å²) in [4.78, 5) is 11.9.